The molecule has 3 amide bonds. The molecule has 0 aromatic rings. The Morgan fingerprint density at radius 3 is 1.69 bits per heavy atom. The first-order valence-electron chi connectivity index (χ1n) is 7.84. The van der Waals surface area contributed by atoms with E-state index in [1.807, 2.05) is 0 Å². The van der Waals surface area contributed by atoms with E-state index in [0.29, 0.717) is 0 Å². The molecule has 0 aromatic carbocycles. The van der Waals surface area contributed by atoms with Gasteiger partial charge in [-0.2, -0.15) is 0 Å². The van der Waals surface area contributed by atoms with E-state index < -0.39 is 29.5 Å². The van der Waals surface area contributed by atoms with Crippen molar-refractivity contribution in [2.45, 2.75) is 52.7 Å². The molecule has 0 spiro atoms. The number of guanidine groups is 1. The molecule has 0 saturated carbocycles. The molecule has 0 unspecified atom stereocenters. The van der Waals surface area contributed by atoms with Crippen LogP contribution in [0.1, 0.15) is 41.5 Å². The topological polar surface area (TPSA) is 137 Å². The number of carbonyl (C=O) groups excluding carboxylic acids is 3. The number of amides is 3. The highest BCUT2D eigenvalue weighted by atomic mass is 16.6. The first-order chi connectivity index (χ1) is 11.8. The third-order valence-corrected chi connectivity index (χ3v) is 2.04. The highest BCUT2D eigenvalue weighted by Gasteiger charge is 2.21. The van der Waals surface area contributed by atoms with Crippen molar-refractivity contribution < 1.29 is 33.4 Å². The minimum absolute atomic E-state index is 0.0371. The molecule has 0 rings (SSSR count). The summed E-state index contributed by atoms with van der Waals surface area (Å²) in [5.74, 6) is -0.327. The molecular formula is C15H28N4O7. The predicted molar refractivity (Wildman–Crippen MR) is 92.5 cm³/mol. The number of nitrogens with zero attached hydrogens (tertiary/aromatic N) is 1. The molecule has 0 aromatic heterocycles. The summed E-state index contributed by atoms with van der Waals surface area (Å²) in [6.45, 7) is 10.1. The number of hydrogen-bond donors (Lipinski definition) is 3. The highest BCUT2D eigenvalue weighted by Crippen LogP contribution is 2.07. The lowest BCUT2D eigenvalue weighted by atomic mass is 10.2. The lowest BCUT2D eigenvalue weighted by Gasteiger charge is -2.21. The monoisotopic (exact) mass is 376 g/mol. The van der Waals surface area contributed by atoms with Gasteiger partial charge in [-0.3, -0.25) is 10.6 Å². The number of methoxy groups -OCH3 is 1. The third-order valence-electron chi connectivity index (χ3n) is 2.04. The number of carbonyl (C=O) groups is 3. The SMILES string of the molecule is COC(=O)NCCON=C(NC(=O)OC(C)(C)C)NC(=O)OC(C)(C)C. The van der Waals surface area contributed by atoms with Gasteiger partial charge in [0.15, 0.2) is 0 Å². The van der Waals surface area contributed by atoms with Gasteiger partial charge < -0.3 is 24.4 Å². The average Bonchev–Trinajstić information content (AvgIpc) is 2.42. The Balaban J connectivity index is 4.76. The molecule has 0 heterocycles. The van der Waals surface area contributed by atoms with Crippen molar-refractivity contribution in [1.29, 1.82) is 0 Å². The fourth-order valence-corrected chi connectivity index (χ4v) is 1.26. The zero-order chi connectivity index (χ0) is 20.4. The first-order valence-corrected chi connectivity index (χ1v) is 7.84. The number of alkyl carbamates (subject to hydrolysis) is 3. The van der Waals surface area contributed by atoms with Crippen LogP contribution in [0.3, 0.4) is 0 Å². The Morgan fingerprint density at radius 2 is 1.31 bits per heavy atom. The fraction of sp³-hybridized carbons (Fsp3) is 0.733. The molecule has 11 heteroatoms. The quantitative estimate of drug-likeness (QED) is 0.223. The van der Waals surface area contributed by atoms with Crippen LogP contribution in [0.4, 0.5) is 14.4 Å². The number of rotatable bonds is 4. The predicted octanol–water partition coefficient (Wildman–Crippen LogP) is 1.68. The molecule has 0 atom stereocenters. The summed E-state index contributed by atoms with van der Waals surface area (Å²) in [6, 6.07) is 0. The van der Waals surface area contributed by atoms with Gasteiger partial charge in [0, 0.05) is 0 Å². The van der Waals surface area contributed by atoms with Gasteiger partial charge in [-0.1, -0.05) is 0 Å². The van der Waals surface area contributed by atoms with Crippen molar-refractivity contribution >= 4 is 24.2 Å². The third kappa shape index (κ3) is 13.7. The molecule has 11 nitrogen and oxygen atoms in total. The smallest absolute Gasteiger partial charge is 0.414 e. The summed E-state index contributed by atoms with van der Waals surface area (Å²) in [5, 5.41) is 10.4. The van der Waals surface area contributed by atoms with Crippen molar-refractivity contribution in [3.63, 3.8) is 0 Å². The fourth-order valence-electron chi connectivity index (χ4n) is 1.26. The number of ether oxygens (including phenoxy) is 3. The molecule has 0 aliphatic heterocycles. The van der Waals surface area contributed by atoms with Crippen LogP contribution >= 0.6 is 0 Å². The molecule has 0 aliphatic rings. The standard InChI is InChI=1S/C15H28N4O7/c1-14(2,3)25-12(21)17-10(18-13(22)26-15(4,5)6)19-24-9-8-16-11(20)23-7/h8-9H2,1-7H3,(H,16,20)(H2,17,18,19,21,22). The molecule has 26 heavy (non-hydrogen) atoms. The zero-order valence-corrected chi connectivity index (χ0v) is 16.2. The lowest BCUT2D eigenvalue weighted by molar-refractivity contribution is 0.0535. The van der Waals surface area contributed by atoms with E-state index in [0.717, 1.165) is 0 Å². The van der Waals surface area contributed by atoms with Crippen LogP contribution in [0.15, 0.2) is 5.16 Å². The van der Waals surface area contributed by atoms with Crippen LogP contribution in [-0.4, -0.2) is 55.7 Å². The van der Waals surface area contributed by atoms with Gasteiger partial charge in [-0.15, -0.1) is 0 Å². The average molecular weight is 376 g/mol. The van der Waals surface area contributed by atoms with Gasteiger partial charge in [0.25, 0.3) is 5.96 Å². The van der Waals surface area contributed by atoms with E-state index in [1.54, 1.807) is 41.5 Å². The van der Waals surface area contributed by atoms with E-state index in [-0.39, 0.29) is 19.1 Å². The van der Waals surface area contributed by atoms with E-state index >= 15 is 0 Å². The molecule has 0 saturated heterocycles. The van der Waals surface area contributed by atoms with E-state index in [1.165, 1.54) is 7.11 Å². The minimum Gasteiger partial charge on any atom is -0.453 e. The lowest BCUT2D eigenvalue weighted by Crippen LogP contribution is -2.47. The largest absolute Gasteiger partial charge is 0.453 e. The number of nitrogens with one attached hydrogen (secondary N) is 3. The van der Waals surface area contributed by atoms with Crippen LogP contribution in [0.2, 0.25) is 0 Å². The van der Waals surface area contributed by atoms with Crippen molar-refractivity contribution in [2.24, 2.45) is 5.16 Å². The molecule has 0 bridgehead atoms. The maximum absolute atomic E-state index is 11.8. The van der Waals surface area contributed by atoms with Crippen molar-refractivity contribution in [3.05, 3.63) is 0 Å². The van der Waals surface area contributed by atoms with Gasteiger partial charge in [0.05, 0.1) is 13.7 Å². The van der Waals surface area contributed by atoms with E-state index in [4.69, 9.17) is 14.3 Å². The van der Waals surface area contributed by atoms with Crippen LogP contribution in [0.25, 0.3) is 0 Å². The molecule has 0 fully saturated rings. The minimum atomic E-state index is -0.844. The first kappa shape index (κ1) is 23.3. The zero-order valence-electron chi connectivity index (χ0n) is 16.2. The van der Waals surface area contributed by atoms with Crippen molar-refractivity contribution in [1.82, 2.24) is 16.0 Å². The number of oxime groups is 1. The molecule has 0 aliphatic carbocycles. The summed E-state index contributed by atoms with van der Waals surface area (Å²) < 4.78 is 14.5. The van der Waals surface area contributed by atoms with Crippen LogP contribution < -0.4 is 16.0 Å². The van der Waals surface area contributed by atoms with Crippen LogP contribution in [0, 0.1) is 0 Å². The number of hydrogen-bond acceptors (Lipinski definition) is 8. The summed E-state index contributed by atoms with van der Waals surface area (Å²) in [4.78, 5) is 39.5. The Bertz CT molecular complexity index is 489. The van der Waals surface area contributed by atoms with Gasteiger partial charge in [-0.25, -0.2) is 14.4 Å². The normalized spacial score (nSPS) is 10.9. The molecule has 0 radical (unpaired) electrons. The van der Waals surface area contributed by atoms with Crippen LogP contribution in [-0.2, 0) is 19.0 Å². The van der Waals surface area contributed by atoms with E-state index in [9.17, 15) is 14.4 Å². The van der Waals surface area contributed by atoms with Crippen LogP contribution in [0.5, 0.6) is 0 Å². The second-order valence-electron chi connectivity index (χ2n) is 6.95. The highest BCUT2D eigenvalue weighted by molar-refractivity contribution is 6.01. The van der Waals surface area contributed by atoms with Gasteiger partial charge >= 0.3 is 18.3 Å². The van der Waals surface area contributed by atoms with Gasteiger partial charge in [-0.05, 0) is 46.7 Å². The Kier molecular flexibility index (Phi) is 9.23. The second kappa shape index (κ2) is 10.3. The van der Waals surface area contributed by atoms with Crippen molar-refractivity contribution in [2.75, 3.05) is 20.3 Å². The Hall–Kier alpha value is -2.72. The Morgan fingerprint density at radius 1 is 0.846 bits per heavy atom. The Labute approximate surface area is 152 Å². The summed E-state index contributed by atoms with van der Waals surface area (Å²) in [7, 11) is 1.22. The van der Waals surface area contributed by atoms with Crippen molar-refractivity contribution in [3.8, 4) is 0 Å². The van der Waals surface area contributed by atoms with Gasteiger partial charge in [0.1, 0.15) is 17.8 Å². The molecule has 150 valence electrons. The molecule has 3 N–H and O–H groups in total. The molecular weight excluding hydrogens is 348 g/mol. The van der Waals surface area contributed by atoms with E-state index in [2.05, 4.69) is 25.8 Å². The van der Waals surface area contributed by atoms with Gasteiger partial charge in [0.2, 0.25) is 0 Å². The summed E-state index contributed by atoms with van der Waals surface area (Å²) in [6.07, 6.45) is -2.32. The summed E-state index contributed by atoms with van der Waals surface area (Å²) in [5.41, 5.74) is -1.49. The maximum atomic E-state index is 11.8. The second-order valence-corrected chi connectivity index (χ2v) is 6.95. The summed E-state index contributed by atoms with van der Waals surface area (Å²) >= 11 is 0. The maximum Gasteiger partial charge on any atom is 0.414 e.